The molecule has 0 bridgehead atoms. The van der Waals surface area contributed by atoms with Crippen molar-refractivity contribution < 1.29 is 9.13 Å². The Labute approximate surface area is 130 Å². The second-order valence-electron chi connectivity index (χ2n) is 4.44. The fourth-order valence-electron chi connectivity index (χ4n) is 1.91. The van der Waals surface area contributed by atoms with Gasteiger partial charge in [0.05, 0.1) is 18.8 Å². The number of rotatable bonds is 8. The molecular weight excluding hydrogens is 293 g/mol. The fourth-order valence-corrected chi connectivity index (χ4v) is 1.91. The smallest absolute Gasteiger partial charge is 0.119 e. The quantitative estimate of drug-likeness (QED) is 0.814. The number of hydrogen-bond donors (Lipinski definition) is 1. The van der Waals surface area contributed by atoms with E-state index in [0.717, 1.165) is 18.0 Å². The Hall–Kier alpha value is -1.59. The van der Waals surface area contributed by atoms with Crippen molar-refractivity contribution in [2.24, 2.45) is 0 Å². The molecule has 0 atom stereocenters. The molecule has 1 aromatic heterocycles. The topological polar surface area (TPSA) is 39.1 Å². The highest BCUT2D eigenvalue weighted by Crippen LogP contribution is 2.11. The molecule has 116 valence electrons. The number of nitrogens with one attached hydrogen (secondary N) is 1. The van der Waals surface area contributed by atoms with Crippen molar-refractivity contribution in [1.29, 1.82) is 0 Å². The molecule has 4 nitrogen and oxygen atoms in total. The standard InChI is InChI=1S/C15H20FN3O.ClH/c1-2-20-15-5-3-13(4-6-15)11-17-12-14-7-9-19(18-14)10-8-16;/h3-7,9,17H,2,8,10-12H2,1H3;1H. The molecule has 6 heteroatoms. The molecule has 1 heterocycles. The van der Waals surface area contributed by atoms with Crippen LogP contribution in [0.3, 0.4) is 0 Å². The van der Waals surface area contributed by atoms with Crippen molar-refractivity contribution in [3.8, 4) is 5.75 Å². The molecule has 2 aromatic rings. The number of aryl methyl sites for hydroxylation is 1. The maximum absolute atomic E-state index is 12.2. The van der Waals surface area contributed by atoms with Gasteiger partial charge in [0, 0.05) is 19.3 Å². The summed E-state index contributed by atoms with van der Waals surface area (Å²) in [7, 11) is 0. The van der Waals surface area contributed by atoms with Gasteiger partial charge in [-0.15, -0.1) is 12.4 Å². The third kappa shape index (κ3) is 5.73. The van der Waals surface area contributed by atoms with Crippen LogP contribution >= 0.6 is 12.4 Å². The Morgan fingerprint density at radius 3 is 2.62 bits per heavy atom. The van der Waals surface area contributed by atoms with E-state index in [9.17, 15) is 4.39 Å². The number of nitrogens with zero attached hydrogens (tertiary/aromatic N) is 2. The highest BCUT2D eigenvalue weighted by Gasteiger charge is 1.99. The normalized spacial score (nSPS) is 10.2. The van der Waals surface area contributed by atoms with Crippen molar-refractivity contribution in [3.63, 3.8) is 0 Å². The molecule has 0 aliphatic heterocycles. The first-order chi connectivity index (χ1) is 9.81. The van der Waals surface area contributed by atoms with E-state index in [1.807, 2.05) is 37.3 Å². The molecule has 0 aliphatic rings. The second-order valence-corrected chi connectivity index (χ2v) is 4.44. The number of benzene rings is 1. The van der Waals surface area contributed by atoms with Crippen molar-refractivity contribution in [3.05, 3.63) is 47.8 Å². The van der Waals surface area contributed by atoms with E-state index >= 15 is 0 Å². The van der Waals surface area contributed by atoms with Crippen LogP contribution in [0.5, 0.6) is 5.75 Å². The minimum atomic E-state index is -0.388. The van der Waals surface area contributed by atoms with Gasteiger partial charge in [-0.1, -0.05) is 12.1 Å². The zero-order valence-corrected chi connectivity index (χ0v) is 12.9. The molecule has 0 spiro atoms. The lowest BCUT2D eigenvalue weighted by atomic mass is 10.2. The Bertz CT molecular complexity index is 516. The largest absolute Gasteiger partial charge is 0.494 e. The molecular formula is C15H21ClFN3O. The Kier molecular flexibility index (Phi) is 7.79. The van der Waals surface area contributed by atoms with Gasteiger partial charge in [-0.2, -0.15) is 5.10 Å². The van der Waals surface area contributed by atoms with E-state index < -0.39 is 0 Å². The van der Waals surface area contributed by atoms with Gasteiger partial charge in [0.25, 0.3) is 0 Å². The zero-order chi connectivity index (χ0) is 14.2. The summed E-state index contributed by atoms with van der Waals surface area (Å²) in [5.74, 6) is 0.890. The van der Waals surface area contributed by atoms with Crippen LogP contribution in [0.4, 0.5) is 4.39 Å². The van der Waals surface area contributed by atoms with E-state index in [-0.39, 0.29) is 19.1 Å². The third-order valence-corrected chi connectivity index (χ3v) is 2.88. The van der Waals surface area contributed by atoms with Gasteiger partial charge in [-0.05, 0) is 30.7 Å². The summed E-state index contributed by atoms with van der Waals surface area (Å²) < 4.78 is 19.2. The van der Waals surface area contributed by atoms with Gasteiger partial charge in [0.1, 0.15) is 12.4 Å². The summed E-state index contributed by atoms with van der Waals surface area (Å²) in [5, 5.41) is 7.58. The van der Waals surface area contributed by atoms with Gasteiger partial charge in [-0.3, -0.25) is 4.68 Å². The number of halogens is 2. The Balaban J connectivity index is 0.00000220. The number of alkyl halides is 1. The lowest BCUT2D eigenvalue weighted by Gasteiger charge is -2.06. The lowest BCUT2D eigenvalue weighted by molar-refractivity contribution is 0.340. The molecule has 0 fully saturated rings. The molecule has 1 aromatic carbocycles. The van der Waals surface area contributed by atoms with Crippen molar-refractivity contribution in [2.45, 2.75) is 26.6 Å². The Morgan fingerprint density at radius 2 is 1.95 bits per heavy atom. The van der Waals surface area contributed by atoms with Crippen LogP contribution < -0.4 is 10.1 Å². The average Bonchev–Trinajstić information content (AvgIpc) is 2.89. The molecule has 0 amide bonds. The molecule has 0 aliphatic carbocycles. The minimum Gasteiger partial charge on any atom is -0.494 e. The lowest BCUT2D eigenvalue weighted by Crippen LogP contribution is -2.13. The summed E-state index contributed by atoms with van der Waals surface area (Å²) in [5.41, 5.74) is 2.11. The van der Waals surface area contributed by atoms with Crippen LogP contribution in [0.25, 0.3) is 0 Å². The van der Waals surface area contributed by atoms with Crippen LogP contribution in [0.15, 0.2) is 36.5 Å². The van der Waals surface area contributed by atoms with E-state index in [0.29, 0.717) is 19.7 Å². The van der Waals surface area contributed by atoms with Crippen LogP contribution in [0, 0.1) is 0 Å². The number of aromatic nitrogens is 2. The molecule has 0 unspecified atom stereocenters. The Morgan fingerprint density at radius 1 is 1.19 bits per heavy atom. The van der Waals surface area contributed by atoms with E-state index in [1.165, 1.54) is 5.56 Å². The van der Waals surface area contributed by atoms with Crippen molar-refractivity contribution in [1.82, 2.24) is 15.1 Å². The van der Waals surface area contributed by atoms with Crippen LogP contribution in [0.1, 0.15) is 18.2 Å². The van der Waals surface area contributed by atoms with Gasteiger partial charge >= 0.3 is 0 Å². The molecule has 0 saturated heterocycles. The summed E-state index contributed by atoms with van der Waals surface area (Å²) in [6.07, 6.45) is 1.80. The van der Waals surface area contributed by atoms with Crippen molar-refractivity contribution in [2.75, 3.05) is 13.3 Å². The molecule has 0 saturated carbocycles. The molecule has 0 radical (unpaired) electrons. The SMILES string of the molecule is CCOc1ccc(CNCc2ccn(CCF)n2)cc1.Cl. The summed E-state index contributed by atoms with van der Waals surface area (Å²) in [6, 6.07) is 9.92. The summed E-state index contributed by atoms with van der Waals surface area (Å²) in [6.45, 7) is 4.02. The van der Waals surface area contributed by atoms with Crippen LogP contribution in [-0.4, -0.2) is 23.1 Å². The fraction of sp³-hybridized carbons (Fsp3) is 0.400. The van der Waals surface area contributed by atoms with Crippen LogP contribution in [-0.2, 0) is 19.6 Å². The third-order valence-electron chi connectivity index (χ3n) is 2.88. The highest BCUT2D eigenvalue weighted by atomic mass is 35.5. The average molecular weight is 314 g/mol. The number of hydrogen-bond acceptors (Lipinski definition) is 3. The van der Waals surface area contributed by atoms with Crippen molar-refractivity contribution >= 4 is 12.4 Å². The predicted molar refractivity (Wildman–Crippen MR) is 83.6 cm³/mol. The zero-order valence-electron chi connectivity index (χ0n) is 12.1. The summed E-state index contributed by atoms with van der Waals surface area (Å²) >= 11 is 0. The predicted octanol–water partition coefficient (Wildman–Crippen LogP) is 2.96. The molecule has 1 N–H and O–H groups in total. The first kappa shape index (κ1) is 17.5. The summed E-state index contributed by atoms with van der Waals surface area (Å²) in [4.78, 5) is 0. The monoisotopic (exact) mass is 313 g/mol. The minimum absolute atomic E-state index is 0. The second kappa shape index (κ2) is 9.37. The molecule has 21 heavy (non-hydrogen) atoms. The van der Waals surface area contributed by atoms with Gasteiger partial charge in [0.15, 0.2) is 0 Å². The number of ether oxygens (including phenoxy) is 1. The van der Waals surface area contributed by atoms with E-state index in [4.69, 9.17) is 4.74 Å². The maximum atomic E-state index is 12.2. The highest BCUT2D eigenvalue weighted by molar-refractivity contribution is 5.85. The maximum Gasteiger partial charge on any atom is 0.119 e. The van der Waals surface area contributed by atoms with Crippen LogP contribution in [0.2, 0.25) is 0 Å². The van der Waals surface area contributed by atoms with Gasteiger partial charge in [-0.25, -0.2) is 4.39 Å². The van der Waals surface area contributed by atoms with Gasteiger partial charge in [0.2, 0.25) is 0 Å². The molecule has 2 rings (SSSR count). The van der Waals surface area contributed by atoms with E-state index in [2.05, 4.69) is 10.4 Å². The van der Waals surface area contributed by atoms with E-state index in [1.54, 1.807) is 10.9 Å². The first-order valence-corrected chi connectivity index (χ1v) is 6.82. The van der Waals surface area contributed by atoms with Gasteiger partial charge < -0.3 is 10.1 Å². The first-order valence-electron chi connectivity index (χ1n) is 6.82.